The molecule has 2 amide bonds. The summed E-state index contributed by atoms with van der Waals surface area (Å²) in [7, 11) is 1.63. The highest BCUT2D eigenvalue weighted by molar-refractivity contribution is 5.86. The lowest BCUT2D eigenvalue weighted by atomic mass is 10.1. The first-order valence-corrected chi connectivity index (χ1v) is 14.0. The molecular weight excluding hydrogens is 576 g/mol. The molecule has 1 saturated heterocycles. The van der Waals surface area contributed by atoms with Crippen molar-refractivity contribution < 1.29 is 28.2 Å². The third kappa shape index (κ3) is 6.19. The Balaban J connectivity index is 1.37. The van der Waals surface area contributed by atoms with Crippen LogP contribution < -0.4 is 20.5 Å². The second kappa shape index (κ2) is 12.3. The number of nitrogens with zero attached hydrogens (tertiary/aromatic N) is 6. The van der Waals surface area contributed by atoms with E-state index in [0.717, 1.165) is 11.1 Å². The van der Waals surface area contributed by atoms with Gasteiger partial charge >= 0.3 is 12.7 Å². The van der Waals surface area contributed by atoms with Crippen molar-refractivity contribution in [2.24, 2.45) is 7.05 Å². The number of ether oxygens (including phenoxy) is 1. The van der Waals surface area contributed by atoms with E-state index in [9.17, 15) is 23.2 Å². The van der Waals surface area contributed by atoms with Crippen molar-refractivity contribution in [3.05, 3.63) is 70.3 Å². The van der Waals surface area contributed by atoms with E-state index in [1.807, 2.05) is 30.9 Å². The normalized spacial score (nSPS) is 15.9. The molecule has 2 atom stereocenters. The first-order valence-electron chi connectivity index (χ1n) is 14.0. The minimum absolute atomic E-state index is 0.0472. The number of halogens is 2. The van der Waals surface area contributed by atoms with Gasteiger partial charge in [0.1, 0.15) is 11.8 Å². The number of alkyl halides is 2. The molecule has 1 fully saturated rings. The summed E-state index contributed by atoms with van der Waals surface area (Å²) in [5.74, 6) is 0.255. The highest BCUT2D eigenvalue weighted by Gasteiger charge is 2.31. The summed E-state index contributed by atoms with van der Waals surface area (Å²) in [6.45, 7) is 3.77. The van der Waals surface area contributed by atoms with E-state index in [4.69, 9.17) is 9.84 Å². The number of hydrogen-bond acceptors (Lipinski definition) is 7. The van der Waals surface area contributed by atoms with Crippen molar-refractivity contribution in [1.29, 1.82) is 0 Å². The minimum atomic E-state index is -2.98. The fourth-order valence-corrected chi connectivity index (χ4v) is 5.54. The third-order valence-electron chi connectivity index (χ3n) is 7.79. The van der Waals surface area contributed by atoms with Crippen molar-refractivity contribution in [2.45, 2.75) is 46.0 Å². The molecule has 0 saturated carbocycles. The van der Waals surface area contributed by atoms with E-state index in [2.05, 4.69) is 15.3 Å². The SMILES string of the molecule is Cc1ccc(OC(F)F)c(Cn2c3cc(-c4cnc(N5CCN(C(=O)[C@H](C)NC(=O)O)[C@@H](C)C5)nc4)ccc3c(=O)n2C)c1. The van der Waals surface area contributed by atoms with Gasteiger partial charge in [-0.1, -0.05) is 23.8 Å². The summed E-state index contributed by atoms with van der Waals surface area (Å²) in [6, 6.07) is 9.30. The number of carbonyl (C=O) groups is 2. The molecule has 5 rings (SSSR count). The Morgan fingerprint density at radius 3 is 2.50 bits per heavy atom. The number of carbonyl (C=O) groups excluding carboxylic acids is 1. The lowest BCUT2D eigenvalue weighted by Gasteiger charge is -2.40. The summed E-state index contributed by atoms with van der Waals surface area (Å²) in [5, 5.41) is 11.6. The first kappa shape index (κ1) is 30.4. The summed E-state index contributed by atoms with van der Waals surface area (Å²) < 4.78 is 34.0. The number of nitrogens with one attached hydrogen (secondary N) is 1. The van der Waals surface area contributed by atoms with Crippen LogP contribution in [-0.4, -0.2) is 79.7 Å². The van der Waals surface area contributed by atoms with Crippen molar-refractivity contribution in [1.82, 2.24) is 29.5 Å². The van der Waals surface area contributed by atoms with Crippen LogP contribution in [0.2, 0.25) is 0 Å². The van der Waals surface area contributed by atoms with Crippen LogP contribution in [0.15, 0.2) is 53.6 Å². The molecule has 0 radical (unpaired) electrons. The molecule has 1 aliphatic heterocycles. The monoisotopic (exact) mass is 609 g/mol. The molecule has 0 spiro atoms. The van der Waals surface area contributed by atoms with E-state index in [1.54, 1.807) is 47.2 Å². The second-order valence-corrected chi connectivity index (χ2v) is 10.9. The predicted octanol–water partition coefficient (Wildman–Crippen LogP) is 3.45. The highest BCUT2D eigenvalue weighted by atomic mass is 19.3. The number of aromatic nitrogens is 4. The molecule has 44 heavy (non-hydrogen) atoms. The van der Waals surface area contributed by atoms with E-state index in [1.165, 1.54) is 17.7 Å². The van der Waals surface area contributed by atoms with Gasteiger partial charge < -0.3 is 25.0 Å². The molecule has 0 unspecified atom stereocenters. The molecule has 2 N–H and O–H groups in total. The fourth-order valence-electron chi connectivity index (χ4n) is 5.54. The molecule has 4 aromatic rings. The zero-order chi connectivity index (χ0) is 31.7. The first-order chi connectivity index (χ1) is 20.9. The van der Waals surface area contributed by atoms with Gasteiger partial charge in [-0.3, -0.25) is 19.0 Å². The third-order valence-corrected chi connectivity index (χ3v) is 7.79. The number of benzene rings is 2. The number of piperazine rings is 1. The van der Waals surface area contributed by atoms with Gasteiger partial charge in [-0.15, -0.1) is 0 Å². The van der Waals surface area contributed by atoms with E-state index < -0.39 is 18.7 Å². The Kier molecular flexibility index (Phi) is 8.52. The average Bonchev–Trinajstić information content (AvgIpc) is 3.21. The number of anilines is 1. The van der Waals surface area contributed by atoms with Crippen molar-refractivity contribution >= 4 is 28.9 Å². The molecule has 2 aromatic heterocycles. The fraction of sp³-hybridized carbons (Fsp3) is 0.367. The van der Waals surface area contributed by atoms with Gasteiger partial charge in [0.25, 0.3) is 5.56 Å². The molecule has 14 heteroatoms. The van der Waals surface area contributed by atoms with E-state index >= 15 is 0 Å². The second-order valence-electron chi connectivity index (χ2n) is 10.9. The maximum absolute atomic E-state index is 13.1. The highest BCUT2D eigenvalue weighted by Crippen LogP contribution is 2.27. The van der Waals surface area contributed by atoms with Gasteiger partial charge in [0, 0.05) is 56.2 Å². The Labute approximate surface area is 251 Å². The van der Waals surface area contributed by atoms with Crippen LogP contribution in [0, 0.1) is 6.92 Å². The van der Waals surface area contributed by atoms with Crippen LogP contribution in [0.4, 0.5) is 19.5 Å². The van der Waals surface area contributed by atoms with Crippen LogP contribution in [0.5, 0.6) is 5.75 Å². The van der Waals surface area contributed by atoms with Crippen molar-refractivity contribution in [3.63, 3.8) is 0 Å². The lowest BCUT2D eigenvalue weighted by Crippen LogP contribution is -2.58. The van der Waals surface area contributed by atoms with Crippen LogP contribution >= 0.6 is 0 Å². The molecule has 1 aliphatic rings. The number of hydrogen-bond donors (Lipinski definition) is 2. The van der Waals surface area contributed by atoms with Crippen LogP contribution in [0.1, 0.15) is 25.0 Å². The Morgan fingerprint density at radius 1 is 1.11 bits per heavy atom. The molecule has 3 heterocycles. The molecule has 2 aromatic carbocycles. The van der Waals surface area contributed by atoms with Crippen LogP contribution in [0.25, 0.3) is 22.0 Å². The largest absolute Gasteiger partial charge is 0.465 e. The van der Waals surface area contributed by atoms with Gasteiger partial charge in [-0.05, 0) is 44.5 Å². The number of fused-ring (bicyclic) bond motifs is 1. The zero-order valence-corrected chi connectivity index (χ0v) is 24.7. The number of amides is 2. The smallest absolute Gasteiger partial charge is 0.405 e. The van der Waals surface area contributed by atoms with Gasteiger partial charge in [-0.25, -0.2) is 14.8 Å². The number of carboxylic acid groups (broad SMARTS) is 1. The summed E-state index contributed by atoms with van der Waals surface area (Å²) in [5.41, 5.74) is 3.26. The van der Waals surface area contributed by atoms with E-state index in [0.29, 0.717) is 47.6 Å². The number of aryl methyl sites for hydroxylation is 1. The molecule has 232 valence electrons. The Hall–Kier alpha value is -5.01. The van der Waals surface area contributed by atoms with Gasteiger partial charge in [0.2, 0.25) is 11.9 Å². The molecule has 12 nitrogen and oxygen atoms in total. The predicted molar refractivity (Wildman–Crippen MR) is 159 cm³/mol. The number of rotatable bonds is 8. The summed E-state index contributed by atoms with van der Waals surface area (Å²) in [6.07, 6.45) is 2.12. The zero-order valence-electron chi connectivity index (χ0n) is 24.7. The van der Waals surface area contributed by atoms with E-state index in [-0.39, 0.29) is 29.8 Å². The average molecular weight is 610 g/mol. The van der Waals surface area contributed by atoms with Crippen molar-refractivity contribution in [2.75, 3.05) is 24.5 Å². The maximum Gasteiger partial charge on any atom is 0.405 e. The summed E-state index contributed by atoms with van der Waals surface area (Å²) >= 11 is 0. The van der Waals surface area contributed by atoms with Crippen LogP contribution in [0.3, 0.4) is 0 Å². The standard InChI is InChI=1S/C30H33F2N7O5/c1-17-5-8-25(44-28(31)32)21(11-17)16-39-24-12-20(6-7-23(24)27(41)36(39)4)22-13-33-29(34-14-22)37-9-10-38(18(2)15-37)26(40)19(3)35-30(42)43/h5-8,11-14,18-19,28,35H,9-10,15-16H2,1-4H3,(H,42,43)/t18-,19-/m0/s1. The minimum Gasteiger partial charge on any atom is -0.465 e. The van der Waals surface area contributed by atoms with Gasteiger partial charge in [0.15, 0.2) is 0 Å². The van der Waals surface area contributed by atoms with Gasteiger partial charge in [0.05, 0.1) is 17.4 Å². The molecule has 0 bridgehead atoms. The van der Waals surface area contributed by atoms with Crippen molar-refractivity contribution in [3.8, 4) is 16.9 Å². The Morgan fingerprint density at radius 2 is 1.84 bits per heavy atom. The summed E-state index contributed by atoms with van der Waals surface area (Å²) in [4.78, 5) is 49.4. The van der Waals surface area contributed by atoms with Gasteiger partial charge in [-0.2, -0.15) is 8.78 Å². The molecule has 0 aliphatic carbocycles. The quantitative estimate of drug-likeness (QED) is 0.310. The topological polar surface area (TPSA) is 135 Å². The Bertz CT molecular complexity index is 1760. The van der Waals surface area contributed by atoms with Crippen LogP contribution in [-0.2, 0) is 18.4 Å². The maximum atomic E-state index is 13.1. The lowest BCUT2D eigenvalue weighted by molar-refractivity contribution is -0.135. The molecular formula is C30H33F2N7O5.